The average molecular weight is 457 g/mol. The van der Waals surface area contributed by atoms with Crippen LogP contribution in [-0.2, 0) is 19.1 Å². The van der Waals surface area contributed by atoms with E-state index in [1.54, 1.807) is 0 Å². The van der Waals surface area contributed by atoms with E-state index in [9.17, 15) is 19.8 Å². The van der Waals surface area contributed by atoms with E-state index in [1.807, 2.05) is 13.8 Å². The molecule has 0 amide bonds. The molecule has 2 heterocycles. The summed E-state index contributed by atoms with van der Waals surface area (Å²) in [5, 5.41) is 22.1. The molecule has 12 atom stereocenters. The standard InChI is InChI=1S/C27H36O6/c1-12-11-19(32-25(31)13(12)2)14(3)16-5-6-17-21-15(9-10-26(16,17)4)22-18(28)7-8-20(29)27(22)24(33-27)23(21)30/h7-8,14-17,19-24,29-30H,5-6,9-11H2,1-4H3/t14-,15-,16+,17-,19+,20-,21+,22-,23+,24+,26+,27-/m0/s1. The number of hydrogen-bond donors (Lipinski definition) is 2. The molecule has 1 saturated heterocycles. The van der Waals surface area contributed by atoms with Crippen LogP contribution < -0.4 is 0 Å². The number of aliphatic hydroxyl groups is 2. The van der Waals surface area contributed by atoms with E-state index in [0.29, 0.717) is 11.8 Å². The average Bonchev–Trinajstić information content (AvgIpc) is 3.43. The lowest BCUT2D eigenvalue weighted by molar-refractivity contribution is -0.153. The second-order valence-electron chi connectivity index (χ2n) is 12.1. The van der Waals surface area contributed by atoms with Crippen LogP contribution in [0.2, 0.25) is 0 Å². The van der Waals surface area contributed by atoms with Gasteiger partial charge in [-0.15, -0.1) is 0 Å². The maximum absolute atomic E-state index is 13.0. The van der Waals surface area contributed by atoms with E-state index in [1.165, 1.54) is 12.2 Å². The molecule has 6 rings (SSSR count). The van der Waals surface area contributed by atoms with Crippen LogP contribution >= 0.6 is 0 Å². The number of ketones is 1. The zero-order chi connectivity index (χ0) is 23.4. The highest BCUT2D eigenvalue weighted by Crippen LogP contribution is 2.69. The number of allylic oxidation sites excluding steroid dienone is 1. The van der Waals surface area contributed by atoms with Gasteiger partial charge >= 0.3 is 5.97 Å². The second kappa shape index (κ2) is 7.02. The summed E-state index contributed by atoms with van der Waals surface area (Å²) < 4.78 is 11.9. The Balaban J connectivity index is 1.29. The molecule has 6 aliphatic rings. The van der Waals surface area contributed by atoms with Crippen LogP contribution in [0, 0.1) is 40.9 Å². The number of rotatable bonds is 2. The van der Waals surface area contributed by atoms with Gasteiger partial charge in [0, 0.05) is 12.0 Å². The SMILES string of the molecule is CC1=C(C)C(=O)O[C@@H]([C@@H](C)[C@H]2CC[C@H]3[C@@H]4[C@@H](O)[C@H]5O[C@@]56[C@H](C(=O)C=C[C@@H]6O)[C@H]4CC[C@]23C)C1. The first-order valence-electron chi connectivity index (χ1n) is 12.7. The third-order valence-corrected chi connectivity index (χ3v) is 10.9. The fourth-order valence-corrected chi connectivity index (χ4v) is 9.06. The summed E-state index contributed by atoms with van der Waals surface area (Å²) in [7, 11) is 0. The predicted molar refractivity (Wildman–Crippen MR) is 120 cm³/mol. The van der Waals surface area contributed by atoms with Crippen molar-refractivity contribution in [2.75, 3.05) is 0 Å². The number of carbonyl (C=O) groups excluding carboxylic acids is 2. The Bertz CT molecular complexity index is 968. The lowest BCUT2D eigenvalue weighted by Crippen LogP contribution is -2.62. The first-order chi connectivity index (χ1) is 15.6. The molecule has 2 aliphatic heterocycles. The van der Waals surface area contributed by atoms with Crippen LogP contribution in [0.1, 0.15) is 59.8 Å². The lowest BCUT2D eigenvalue weighted by atomic mass is 9.48. The zero-order valence-corrected chi connectivity index (χ0v) is 20.0. The van der Waals surface area contributed by atoms with Gasteiger partial charge in [-0.25, -0.2) is 4.79 Å². The Morgan fingerprint density at radius 2 is 1.91 bits per heavy atom. The molecule has 0 bridgehead atoms. The molecule has 33 heavy (non-hydrogen) atoms. The van der Waals surface area contributed by atoms with Crippen LogP contribution in [0.25, 0.3) is 0 Å². The molecule has 4 fully saturated rings. The topological polar surface area (TPSA) is 96.4 Å². The van der Waals surface area contributed by atoms with Crippen LogP contribution in [-0.4, -0.2) is 52.0 Å². The molecular weight excluding hydrogens is 420 g/mol. The summed E-state index contributed by atoms with van der Waals surface area (Å²) in [5.41, 5.74) is 0.975. The Morgan fingerprint density at radius 1 is 1.15 bits per heavy atom. The molecule has 3 saturated carbocycles. The normalized spacial score (nSPS) is 53.6. The number of carbonyl (C=O) groups is 2. The van der Waals surface area contributed by atoms with Gasteiger partial charge in [0.1, 0.15) is 23.9 Å². The van der Waals surface area contributed by atoms with E-state index in [2.05, 4.69) is 13.8 Å². The van der Waals surface area contributed by atoms with Crippen LogP contribution in [0.15, 0.2) is 23.3 Å². The minimum Gasteiger partial charge on any atom is -0.458 e. The molecule has 180 valence electrons. The van der Waals surface area contributed by atoms with E-state index in [0.717, 1.165) is 43.3 Å². The first kappa shape index (κ1) is 22.0. The molecule has 0 radical (unpaired) electrons. The number of cyclic esters (lactones) is 1. The Hall–Kier alpha value is -1.50. The molecule has 2 N–H and O–H groups in total. The number of epoxide rings is 1. The highest BCUT2D eigenvalue weighted by Gasteiger charge is 2.78. The van der Waals surface area contributed by atoms with Crippen LogP contribution in [0.3, 0.4) is 0 Å². The summed E-state index contributed by atoms with van der Waals surface area (Å²) >= 11 is 0. The van der Waals surface area contributed by atoms with Crippen molar-refractivity contribution in [1.29, 1.82) is 0 Å². The van der Waals surface area contributed by atoms with Crippen molar-refractivity contribution in [3.05, 3.63) is 23.3 Å². The van der Waals surface area contributed by atoms with Gasteiger partial charge in [-0.05, 0) is 86.7 Å². The molecule has 0 aromatic heterocycles. The Morgan fingerprint density at radius 3 is 2.64 bits per heavy atom. The third-order valence-electron chi connectivity index (χ3n) is 10.9. The Labute approximate surface area is 195 Å². The van der Waals surface area contributed by atoms with E-state index >= 15 is 0 Å². The zero-order valence-electron chi connectivity index (χ0n) is 20.0. The van der Waals surface area contributed by atoms with Crippen molar-refractivity contribution in [2.45, 2.75) is 89.8 Å². The number of hydrogen-bond acceptors (Lipinski definition) is 6. The molecular formula is C27H36O6. The second-order valence-corrected chi connectivity index (χ2v) is 12.1. The number of aliphatic hydroxyl groups excluding tert-OH is 2. The van der Waals surface area contributed by atoms with Gasteiger partial charge in [-0.2, -0.15) is 0 Å². The predicted octanol–water partition coefficient (Wildman–Crippen LogP) is 2.96. The lowest BCUT2D eigenvalue weighted by Gasteiger charge is -2.55. The number of esters is 1. The van der Waals surface area contributed by atoms with Gasteiger partial charge in [0.05, 0.1) is 12.0 Å². The fraction of sp³-hybridized carbons (Fsp3) is 0.778. The number of ether oxygens (including phenoxy) is 2. The van der Waals surface area contributed by atoms with Crippen molar-refractivity contribution in [1.82, 2.24) is 0 Å². The minimum atomic E-state index is -0.913. The van der Waals surface area contributed by atoms with Gasteiger partial charge in [0.25, 0.3) is 0 Å². The maximum Gasteiger partial charge on any atom is 0.333 e. The Kier molecular flexibility index (Phi) is 4.68. The van der Waals surface area contributed by atoms with Gasteiger partial charge < -0.3 is 19.7 Å². The quantitative estimate of drug-likeness (QED) is 0.490. The van der Waals surface area contributed by atoms with Gasteiger partial charge in [0.2, 0.25) is 0 Å². The molecule has 6 nitrogen and oxygen atoms in total. The molecule has 0 unspecified atom stereocenters. The molecule has 6 heteroatoms. The van der Waals surface area contributed by atoms with Gasteiger partial charge in [-0.3, -0.25) is 4.79 Å². The monoisotopic (exact) mass is 456 g/mol. The molecule has 4 aliphatic carbocycles. The minimum absolute atomic E-state index is 0.00649. The first-order valence-corrected chi connectivity index (χ1v) is 12.7. The van der Waals surface area contributed by atoms with Crippen molar-refractivity contribution < 1.29 is 29.3 Å². The van der Waals surface area contributed by atoms with Gasteiger partial charge in [-0.1, -0.05) is 19.4 Å². The molecule has 1 spiro atoms. The van der Waals surface area contributed by atoms with Crippen molar-refractivity contribution >= 4 is 11.8 Å². The summed E-state index contributed by atoms with van der Waals surface area (Å²) in [6, 6.07) is 0. The van der Waals surface area contributed by atoms with E-state index in [4.69, 9.17) is 9.47 Å². The van der Waals surface area contributed by atoms with E-state index < -0.39 is 23.9 Å². The molecule has 0 aromatic carbocycles. The summed E-state index contributed by atoms with van der Waals surface area (Å²) in [6.45, 7) is 8.47. The smallest absolute Gasteiger partial charge is 0.333 e. The highest BCUT2D eigenvalue weighted by atomic mass is 16.6. The summed E-state index contributed by atoms with van der Waals surface area (Å²) in [6.07, 6.45) is 5.72. The highest BCUT2D eigenvalue weighted by molar-refractivity contribution is 5.95. The largest absolute Gasteiger partial charge is 0.458 e. The fourth-order valence-electron chi connectivity index (χ4n) is 9.06. The summed E-state index contributed by atoms with van der Waals surface area (Å²) in [5.74, 6) is 0.488. The third kappa shape index (κ3) is 2.72. The van der Waals surface area contributed by atoms with Gasteiger partial charge in [0.15, 0.2) is 5.78 Å². The summed E-state index contributed by atoms with van der Waals surface area (Å²) in [4.78, 5) is 25.4. The number of fused-ring (bicyclic) bond motifs is 4. The molecule has 0 aromatic rings. The van der Waals surface area contributed by atoms with Crippen molar-refractivity contribution in [2.24, 2.45) is 40.9 Å². The van der Waals surface area contributed by atoms with Crippen LogP contribution in [0.4, 0.5) is 0 Å². The van der Waals surface area contributed by atoms with Crippen molar-refractivity contribution in [3.63, 3.8) is 0 Å². The van der Waals surface area contributed by atoms with Crippen LogP contribution in [0.5, 0.6) is 0 Å². The van der Waals surface area contributed by atoms with Crippen molar-refractivity contribution in [3.8, 4) is 0 Å². The van der Waals surface area contributed by atoms with E-state index in [-0.39, 0.29) is 46.9 Å². The maximum atomic E-state index is 13.0.